The van der Waals surface area contributed by atoms with Gasteiger partial charge in [-0.25, -0.2) is 0 Å². The van der Waals surface area contributed by atoms with E-state index in [4.69, 9.17) is 20.6 Å². The number of methoxy groups -OCH3 is 3. The summed E-state index contributed by atoms with van der Waals surface area (Å²) in [6.07, 6.45) is 9.37. The van der Waals surface area contributed by atoms with Crippen molar-refractivity contribution >= 4 is 17.9 Å². The Labute approximate surface area is 129 Å². The molecule has 0 spiro atoms. The second-order valence-corrected chi connectivity index (χ2v) is 5.06. The summed E-state index contributed by atoms with van der Waals surface area (Å²) < 4.78 is 14.3. The van der Waals surface area contributed by atoms with Crippen molar-refractivity contribution in [2.45, 2.75) is 19.3 Å². The largest absolute Gasteiger partial charge is 0.469 e. The van der Waals surface area contributed by atoms with E-state index in [2.05, 4.69) is 5.92 Å². The highest BCUT2D eigenvalue weighted by Gasteiger charge is 2.54. The molecule has 0 aliphatic heterocycles. The number of carbonyl (C=O) groups excluding carboxylic acids is 3. The molecule has 6 nitrogen and oxygen atoms in total. The topological polar surface area (TPSA) is 78.9 Å². The second-order valence-electron chi connectivity index (χ2n) is 5.06. The third kappa shape index (κ3) is 3.14. The minimum Gasteiger partial charge on any atom is -0.469 e. The van der Waals surface area contributed by atoms with Crippen LogP contribution in [0.25, 0.3) is 0 Å². The molecular weight excluding hydrogens is 288 g/mol. The molecule has 0 aromatic rings. The van der Waals surface area contributed by atoms with E-state index in [0.29, 0.717) is 6.42 Å². The first-order valence-corrected chi connectivity index (χ1v) is 6.82. The van der Waals surface area contributed by atoms with Gasteiger partial charge in [0.2, 0.25) is 0 Å². The number of ether oxygens (including phenoxy) is 3. The van der Waals surface area contributed by atoms with Crippen LogP contribution in [-0.2, 0) is 28.6 Å². The normalized spacial score (nSPS) is 20.6. The summed E-state index contributed by atoms with van der Waals surface area (Å²) in [6, 6.07) is 0. The maximum atomic E-state index is 12.3. The quantitative estimate of drug-likeness (QED) is 0.249. The van der Waals surface area contributed by atoms with E-state index in [1.165, 1.54) is 21.3 Å². The lowest BCUT2D eigenvalue weighted by molar-refractivity contribution is -0.173. The van der Waals surface area contributed by atoms with Crippen LogP contribution >= 0.6 is 0 Å². The Morgan fingerprint density at radius 3 is 2.23 bits per heavy atom. The van der Waals surface area contributed by atoms with Crippen LogP contribution in [0.3, 0.4) is 0 Å². The fourth-order valence-corrected chi connectivity index (χ4v) is 2.80. The van der Waals surface area contributed by atoms with E-state index in [-0.39, 0.29) is 12.8 Å². The van der Waals surface area contributed by atoms with Gasteiger partial charge < -0.3 is 14.2 Å². The summed E-state index contributed by atoms with van der Waals surface area (Å²) in [7, 11) is 3.66. The van der Waals surface area contributed by atoms with Crippen LogP contribution in [0.4, 0.5) is 0 Å². The summed E-state index contributed by atoms with van der Waals surface area (Å²) >= 11 is 0. The van der Waals surface area contributed by atoms with Gasteiger partial charge in [0.1, 0.15) is 0 Å². The van der Waals surface area contributed by atoms with Crippen LogP contribution in [0.15, 0.2) is 12.2 Å². The molecule has 0 fully saturated rings. The summed E-state index contributed by atoms with van der Waals surface area (Å²) in [5.41, 5.74) is -1.65. The predicted octanol–water partition coefficient (Wildman–Crippen LogP) is 1.10. The van der Waals surface area contributed by atoms with Gasteiger partial charge in [-0.3, -0.25) is 14.4 Å². The second kappa shape index (κ2) is 7.64. The van der Waals surface area contributed by atoms with Crippen molar-refractivity contribution in [1.29, 1.82) is 0 Å². The molecule has 0 unspecified atom stereocenters. The Balaban J connectivity index is 3.26. The van der Waals surface area contributed by atoms with Crippen molar-refractivity contribution in [2.24, 2.45) is 17.3 Å². The first kappa shape index (κ1) is 17.8. The monoisotopic (exact) mass is 308 g/mol. The van der Waals surface area contributed by atoms with Gasteiger partial charge in [-0.15, -0.1) is 12.3 Å². The molecule has 0 aromatic carbocycles. The van der Waals surface area contributed by atoms with E-state index in [9.17, 15) is 14.4 Å². The van der Waals surface area contributed by atoms with Crippen LogP contribution in [-0.4, -0.2) is 39.2 Å². The SMILES string of the molecule is C#CCC(C(=O)OC)(C(=O)OC)[C@H]1C=CC[C@@H](C(=O)OC)C1. The summed E-state index contributed by atoms with van der Waals surface area (Å²) in [5.74, 6) is -0.614. The van der Waals surface area contributed by atoms with Gasteiger partial charge in [0.15, 0.2) is 5.41 Å². The fourth-order valence-electron chi connectivity index (χ4n) is 2.80. The van der Waals surface area contributed by atoms with E-state index >= 15 is 0 Å². The van der Waals surface area contributed by atoms with Crippen molar-refractivity contribution in [3.63, 3.8) is 0 Å². The summed E-state index contributed by atoms with van der Waals surface area (Å²) in [5, 5.41) is 0. The van der Waals surface area contributed by atoms with Gasteiger partial charge in [0.05, 0.1) is 27.2 Å². The number of terminal acetylenes is 1. The zero-order valence-electron chi connectivity index (χ0n) is 13.0. The molecule has 0 amide bonds. The van der Waals surface area contributed by atoms with Crippen LogP contribution in [0.5, 0.6) is 0 Å². The van der Waals surface area contributed by atoms with Crippen LogP contribution in [0.2, 0.25) is 0 Å². The van der Waals surface area contributed by atoms with Crippen molar-refractivity contribution in [1.82, 2.24) is 0 Å². The Morgan fingerprint density at radius 2 is 1.77 bits per heavy atom. The van der Waals surface area contributed by atoms with Gasteiger partial charge in [-0.2, -0.15) is 0 Å². The average Bonchev–Trinajstić information content (AvgIpc) is 2.57. The van der Waals surface area contributed by atoms with Gasteiger partial charge in [0, 0.05) is 12.3 Å². The number of hydrogen-bond acceptors (Lipinski definition) is 6. The molecule has 2 atom stereocenters. The summed E-state index contributed by atoms with van der Waals surface area (Å²) in [6.45, 7) is 0. The van der Waals surface area contributed by atoms with Crippen LogP contribution in [0, 0.1) is 29.6 Å². The molecule has 1 aliphatic carbocycles. The predicted molar refractivity (Wildman–Crippen MR) is 77.3 cm³/mol. The zero-order valence-corrected chi connectivity index (χ0v) is 13.0. The van der Waals surface area contributed by atoms with E-state index in [1.807, 2.05) is 0 Å². The number of hydrogen-bond donors (Lipinski definition) is 0. The lowest BCUT2D eigenvalue weighted by Crippen LogP contribution is -2.48. The molecule has 0 radical (unpaired) electrons. The molecule has 22 heavy (non-hydrogen) atoms. The van der Waals surface area contributed by atoms with E-state index < -0.39 is 35.2 Å². The maximum Gasteiger partial charge on any atom is 0.324 e. The van der Waals surface area contributed by atoms with Crippen molar-refractivity contribution in [3.8, 4) is 12.3 Å². The van der Waals surface area contributed by atoms with Gasteiger partial charge >= 0.3 is 17.9 Å². The molecule has 0 saturated heterocycles. The number of rotatable bonds is 5. The van der Waals surface area contributed by atoms with Gasteiger partial charge in [0.25, 0.3) is 0 Å². The number of esters is 3. The van der Waals surface area contributed by atoms with Crippen molar-refractivity contribution in [3.05, 3.63) is 12.2 Å². The first-order valence-electron chi connectivity index (χ1n) is 6.82. The van der Waals surface area contributed by atoms with E-state index in [1.54, 1.807) is 12.2 Å². The average molecular weight is 308 g/mol. The molecule has 0 aromatic heterocycles. The molecular formula is C16H20O6. The van der Waals surface area contributed by atoms with Crippen molar-refractivity contribution in [2.75, 3.05) is 21.3 Å². The molecule has 6 heteroatoms. The molecule has 0 N–H and O–H groups in total. The van der Waals surface area contributed by atoms with Gasteiger partial charge in [-0.1, -0.05) is 12.2 Å². The molecule has 1 rings (SSSR count). The minimum absolute atomic E-state index is 0.171. The lowest BCUT2D eigenvalue weighted by atomic mass is 9.67. The number of allylic oxidation sites excluding steroid dienone is 2. The summed E-state index contributed by atoms with van der Waals surface area (Å²) in [4.78, 5) is 36.3. The van der Waals surface area contributed by atoms with Crippen LogP contribution in [0.1, 0.15) is 19.3 Å². The minimum atomic E-state index is -1.65. The maximum absolute atomic E-state index is 12.3. The molecule has 0 heterocycles. The fraction of sp³-hybridized carbons (Fsp3) is 0.562. The third-order valence-electron chi connectivity index (χ3n) is 3.98. The lowest BCUT2D eigenvalue weighted by Gasteiger charge is -2.35. The zero-order chi connectivity index (χ0) is 16.8. The number of carbonyl (C=O) groups is 3. The van der Waals surface area contributed by atoms with Crippen LogP contribution < -0.4 is 0 Å². The molecule has 0 saturated carbocycles. The molecule has 1 aliphatic rings. The van der Waals surface area contributed by atoms with Crippen molar-refractivity contribution < 1.29 is 28.6 Å². The Morgan fingerprint density at radius 1 is 1.18 bits per heavy atom. The molecule has 120 valence electrons. The Hall–Kier alpha value is -2.29. The van der Waals surface area contributed by atoms with E-state index in [0.717, 1.165) is 0 Å². The standard InChI is InChI=1S/C16H20O6/c1-5-9-16(14(18)21-3,15(19)22-4)12-8-6-7-11(10-12)13(17)20-2/h1,6,8,11-12H,7,9-10H2,2-4H3/t11-,12+/m1/s1. The van der Waals surface area contributed by atoms with Gasteiger partial charge in [-0.05, 0) is 12.8 Å². The highest BCUT2D eigenvalue weighted by Crippen LogP contribution is 2.42. The highest BCUT2D eigenvalue weighted by molar-refractivity contribution is 6.01. The first-order chi connectivity index (χ1) is 10.5. The Bertz CT molecular complexity index is 497. The highest BCUT2D eigenvalue weighted by atomic mass is 16.5. The smallest absolute Gasteiger partial charge is 0.324 e. The Kier molecular flexibility index (Phi) is 6.17. The molecule has 0 bridgehead atoms. The third-order valence-corrected chi connectivity index (χ3v) is 3.98.